The fraction of sp³-hybridized carbons (Fsp3) is 0.611. The molecule has 3 rings (SSSR count). The summed E-state index contributed by atoms with van der Waals surface area (Å²) in [4.78, 5) is 14.7. The molecule has 21 heavy (non-hydrogen) atoms. The summed E-state index contributed by atoms with van der Waals surface area (Å²) in [7, 11) is 0. The van der Waals surface area contributed by atoms with Crippen LogP contribution >= 0.6 is 0 Å². The Bertz CT molecular complexity index is 520. The van der Waals surface area contributed by atoms with Gasteiger partial charge in [-0.3, -0.25) is 0 Å². The van der Waals surface area contributed by atoms with E-state index in [-0.39, 0.29) is 6.03 Å². The first kappa shape index (κ1) is 14.4. The monoisotopic (exact) mass is 286 g/mol. The van der Waals surface area contributed by atoms with E-state index in [1.165, 1.54) is 24.0 Å². The first-order valence-corrected chi connectivity index (χ1v) is 8.33. The van der Waals surface area contributed by atoms with Crippen molar-refractivity contribution in [1.29, 1.82) is 0 Å². The largest absolute Gasteiger partial charge is 0.322 e. The number of benzene rings is 1. The van der Waals surface area contributed by atoms with E-state index in [1.807, 2.05) is 4.90 Å². The van der Waals surface area contributed by atoms with Crippen molar-refractivity contribution in [1.82, 2.24) is 4.90 Å². The standard InChI is InChI=1S/C18H26N2O/c1-13(2)12-20(15-10-11-15)18(21)19-17-9-5-7-14-6-3-4-8-16(14)17/h5,7,9,13,15H,3-4,6,8,10-12H2,1-2H3,(H,19,21). The average Bonchev–Trinajstić information content (AvgIpc) is 3.29. The molecule has 1 aromatic rings. The molecule has 0 heterocycles. The maximum atomic E-state index is 12.6. The van der Waals surface area contributed by atoms with Crippen LogP contribution in [-0.2, 0) is 12.8 Å². The van der Waals surface area contributed by atoms with E-state index in [0.29, 0.717) is 12.0 Å². The summed E-state index contributed by atoms with van der Waals surface area (Å²) >= 11 is 0. The molecule has 3 nitrogen and oxygen atoms in total. The summed E-state index contributed by atoms with van der Waals surface area (Å²) < 4.78 is 0. The number of carbonyl (C=O) groups excluding carboxylic acids is 1. The highest BCUT2D eigenvalue weighted by Gasteiger charge is 2.33. The summed E-state index contributed by atoms with van der Waals surface area (Å²) in [6.07, 6.45) is 7.07. The van der Waals surface area contributed by atoms with Crippen molar-refractivity contribution in [2.24, 2.45) is 5.92 Å². The molecule has 114 valence electrons. The highest BCUT2D eigenvalue weighted by molar-refractivity contribution is 5.90. The fourth-order valence-electron chi connectivity index (χ4n) is 3.26. The Balaban J connectivity index is 1.74. The highest BCUT2D eigenvalue weighted by Crippen LogP contribution is 2.31. The molecular formula is C18H26N2O. The zero-order chi connectivity index (χ0) is 14.8. The molecule has 0 unspecified atom stereocenters. The number of hydrogen-bond donors (Lipinski definition) is 1. The zero-order valence-corrected chi connectivity index (χ0v) is 13.2. The number of hydrogen-bond acceptors (Lipinski definition) is 1. The van der Waals surface area contributed by atoms with Crippen LogP contribution in [0.5, 0.6) is 0 Å². The molecule has 0 aromatic heterocycles. The van der Waals surface area contributed by atoms with Gasteiger partial charge in [0.2, 0.25) is 0 Å². The van der Waals surface area contributed by atoms with Gasteiger partial charge in [-0.15, -0.1) is 0 Å². The number of nitrogens with zero attached hydrogens (tertiary/aromatic N) is 1. The van der Waals surface area contributed by atoms with Crippen LogP contribution in [-0.4, -0.2) is 23.5 Å². The van der Waals surface area contributed by atoms with Gasteiger partial charge in [-0.05, 0) is 61.6 Å². The number of anilines is 1. The third-order valence-corrected chi connectivity index (χ3v) is 4.45. The van der Waals surface area contributed by atoms with E-state index in [1.54, 1.807) is 0 Å². The summed E-state index contributed by atoms with van der Waals surface area (Å²) in [5.41, 5.74) is 3.81. The number of aryl methyl sites for hydroxylation is 1. The minimum atomic E-state index is 0.0881. The minimum Gasteiger partial charge on any atom is -0.321 e. The van der Waals surface area contributed by atoms with Gasteiger partial charge in [0.05, 0.1) is 0 Å². The van der Waals surface area contributed by atoms with Gasteiger partial charge < -0.3 is 10.2 Å². The van der Waals surface area contributed by atoms with Gasteiger partial charge in [-0.2, -0.15) is 0 Å². The second-order valence-electron chi connectivity index (χ2n) is 6.86. The van der Waals surface area contributed by atoms with Crippen molar-refractivity contribution < 1.29 is 4.79 Å². The van der Waals surface area contributed by atoms with Crippen LogP contribution in [0, 0.1) is 5.92 Å². The third-order valence-electron chi connectivity index (χ3n) is 4.45. The Morgan fingerprint density at radius 3 is 2.76 bits per heavy atom. The molecule has 0 radical (unpaired) electrons. The highest BCUT2D eigenvalue weighted by atomic mass is 16.2. The predicted octanol–water partition coefficient (Wildman–Crippen LogP) is 4.22. The second-order valence-corrected chi connectivity index (χ2v) is 6.86. The van der Waals surface area contributed by atoms with Crippen molar-refractivity contribution in [3.8, 4) is 0 Å². The molecule has 2 amide bonds. The fourth-order valence-corrected chi connectivity index (χ4v) is 3.26. The molecule has 1 fully saturated rings. The topological polar surface area (TPSA) is 32.3 Å². The smallest absolute Gasteiger partial charge is 0.321 e. The molecule has 0 saturated heterocycles. The molecule has 0 spiro atoms. The summed E-state index contributed by atoms with van der Waals surface area (Å²) in [5.74, 6) is 0.515. The van der Waals surface area contributed by atoms with Crippen LogP contribution < -0.4 is 5.32 Å². The van der Waals surface area contributed by atoms with Crippen LogP contribution in [0.3, 0.4) is 0 Å². The average molecular weight is 286 g/mol. The number of fused-ring (bicyclic) bond motifs is 1. The molecule has 1 aromatic carbocycles. The van der Waals surface area contributed by atoms with Gasteiger partial charge in [-0.25, -0.2) is 4.79 Å². The minimum absolute atomic E-state index is 0.0881. The Morgan fingerprint density at radius 1 is 1.29 bits per heavy atom. The van der Waals surface area contributed by atoms with E-state index < -0.39 is 0 Å². The maximum absolute atomic E-state index is 12.6. The lowest BCUT2D eigenvalue weighted by molar-refractivity contribution is 0.201. The van der Waals surface area contributed by atoms with Gasteiger partial charge in [0.25, 0.3) is 0 Å². The quantitative estimate of drug-likeness (QED) is 0.883. The molecule has 0 aliphatic heterocycles. The molecule has 1 N–H and O–H groups in total. The lowest BCUT2D eigenvalue weighted by Gasteiger charge is -2.26. The van der Waals surface area contributed by atoms with Crippen molar-refractivity contribution in [3.05, 3.63) is 29.3 Å². The van der Waals surface area contributed by atoms with Gasteiger partial charge >= 0.3 is 6.03 Å². The molecule has 2 aliphatic rings. The van der Waals surface area contributed by atoms with Crippen LogP contribution in [0.15, 0.2) is 18.2 Å². The number of amides is 2. The second kappa shape index (κ2) is 6.08. The third kappa shape index (κ3) is 3.39. The maximum Gasteiger partial charge on any atom is 0.322 e. The van der Waals surface area contributed by atoms with E-state index in [4.69, 9.17) is 0 Å². The van der Waals surface area contributed by atoms with Gasteiger partial charge in [-0.1, -0.05) is 26.0 Å². The van der Waals surface area contributed by atoms with Crippen LogP contribution in [0.4, 0.5) is 10.5 Å². The van der Waals surface area contributed by atoms with E-state index in [2.05, 4.69) is 37.4 Å². The van der Waals surface area contributed by atoms with Crippen LogP contribution in [0.1, 0.15) is 50.7 Å². The van der Waals surface area contributed by atoms with E-state index >= 15 is 0 Å². The van der Waals surface area contributed by atoms with Crippen molar-refractivity contribution in [3.63, 3.8) is 0 Å². The zero-order valence-electron chi connectivity index (χ0n) is 13.2. The number of rotatable bonds is 4. The molecule has 2 aliphatic carbocycles. The first-order chi connectivity index (χ1) is 10.1. The van der Waals surface area contributed by atoms with Gasteiger partial charge in [0.1, 0.15) is 0 Å². The molecule has 0 atom stereocenters. The van der Waals surface area contributed by atoms with E-state index in [0.717, 1.165) is 37.9 Å². The SMILES string of the molecule is CC(C)CN(C(=O)Nc1cccc2c1CCCC2)C1CC1. The van der Waals surface area contributed by atoms with Crippen molar-refractivity contribution >= 4 is 11.7 Å². The molecule has 3 heteroatoms. The van der Waals surface area contributed by atoms with Gasteiger partial charge in [0.15, 0.2) is 0 Å². The van der Waals surface area contributed by atoms with Crippen LogP contribution in [0.25, 0.3) is 0 Å². The predicted molar refractivity (Wildman–Crippen MR) is 86.7 cm³/mol. The Morgan fingerprint density at radius 2 is 2.05 bits per heavy atom. The summed E-state index contributed by atoms with van der Waals surface area (Å²) in [6.45, 7) is 5.20. The first-order valence-electron chi connectivity index (χ1n) is 8.33. The normalized spacial score (nSPS) is 17.5. The lowest BCUT2D eigenvalue weighted by atomic mass is 9.90. The Hall–Kier alpha value is -1.51. The molecule has 0 bridgehead atoms. The van der Waals surface area contributed by atoms with Gasteiger partial charge in [0, 0.05) is 18.3 Å². The van der Waals surface area contributed by atoms with Crippen molar-refractivity contribution in [2.75, 3.05) is 11.9 Å². The Kier molecular flexibility index (Phi) is 4.18. The molecule has 1 saturated carbocycles. The summed E-state index contributed by atoms with van der Waals surface area (Å²) in [5, 5.41) is 3.18. The van der Waals surface area contributed by atoms with E-state index in [9.17, 15) is 4.79 Å². The summed E-state index contributed by atoms with van der Waals surface area (Å²) in [6, 6.07) is 6.89. The van der Waals surface area contributed by atoms with Crippen molar-refractivity contribution in [2.45, 2.75) is 58.4 Å². The Labute approximate surface area is 127 Å². The lowest BCUT2D eigenvalue weighted by Crippen LogP contribution is -2.39. The van der Waals surface area contributed by atoms with Crippen LogP contribution in [0.2, 0.25) is 0 Å². The number of carbonyl (C=O) groups is 1. The number of nitrogens with one attached hydrogen (secondary N) is 1. The number of urea groups is 1. The molecular weight excluding hydrogens is 260 g/mol.